The minimum absolute atomic E-state index is 0.326. The molecule has 30 heavy (non-hydrogen) atoms. The monoisotopic (exact) mass is 424 g/mol. The van der Waals surface area contributed by atoms with E-state index in [1.54, 1.807) is 0 Å². The van der Waals surface area contributed by atoms with Crippen LogP contribution in [0.3, 0.4) is 0 Å². The molecule has 0 aliphatic heterocycles. The second-order valence-electron chi connectivity index (χ2n) is 8.70. The Bertz CT molecular complexity index is 379. The van der Waals surface area contributed by atoms with Crippen molar-refractivity contribution in [1.29, 1.82) is 0 Å². The van der Waals surface area contributed by atoms with Crippen LogP contribution in [0.1, 0.15) is 141 Å². The van der Waals surface area contributed by atoms with Crippen molar-refractivity contribution in [2.75, 3.05) is 0 Å². The summed E-state index contributed by atoms with van der Waals surface area (Å²) in [5, 5.41) is 17.2. The normalized spacial score (nSPS) is 11.3. The summed E-state index contributed by atoms with van der Waals surface area (Å²) >= 11 is 0. The average molecular weight is 425 g/mol. The predicted molar refractivity (Wildman–Crippen MR) is 126 cm³/mol. The van der Waals surface area contributed by atoms with Gasteiger partial charge < -0.3 is 10.2 Å². The molecule has 0 unspecified atom stereocenters. The van der Waals surface area contributed by atoms with E-state index in [2.05, 4.69) is 12.2 Å². The van der Waals surface area contributed by atoms with Crippen molar-refractivity contribution in [3.8, 4) is 0 Å². The fourth-order valence-electron chi connectivity index (χ4n) is 3.79. The Morgan fingerprint density at radius 2 is 0.633 bits per heavy atom. The minimum Gasteiger partial charge on any atom is -0.481 e. The van der Waals surface area contributed by atoms with Crippen molar-refractivity contribution < 1.29 is 19.8 Å². The summed E-state index contributed by atoms with van der Waals surface area (Å²) in [7, 11) is 0. The Morgan fingerprint density at radius 1 is 0.400 bits per heavy atom. The van der Waals surface area contributed by atoms with Crippen LogP contribution in [-0.2, 0) is 9.59 Å². The van der Waals surface area contributed by atoms with E-state index >= 15 is 0 Å². The van der Waals surface area contributed by atoms with Gasteiger partial charge in [0.1, 0.15) is 0 Å². The summed E-state index contributed by atoms with van der Waals surface area (Å²) in [4.78, 5) is 20.8. The number of carbonyl (C=O) groups is 2. The first kappa shape index (κ1) is 28.7. The van der Waals surface area contributed by atoms with E-state index in [1.807, 2.05) is 0 Å². The first-order valence-corrected chi connectivity index (χ1v) is 12.7. The predicted octanol–water partition coefficient (Wildman–Crippen LogP) is 8.29. The van der Waals surface area contributed by atoms with Gasteiger partial charge in [-0.25, -0.2) is 0 Å². The average Bonchev–Trinajstić information content (AvgIpc) is 2.70. The van der Waals surface area contributed by atoms with E-state index < -0.39 is 11.9 Å². The van der Waals surface area contributed by atoms with Crippen molar-refractivity contribution in [2.45, 2.75) is 141 Å². The molecule has 0 fully saturated rings. The number of hydrogen-bond acceptors (Lipinski definition) is 2. The second-order valence-corrected chi connectivity index (χ2v) is 8.70. The van der Waals surface area contributed by atoms with Crippen molar-refractivity contribution in [3.05, 3.63) is 12.2 Å². The number of allylic oxidation sites excluding steroid dienone is 2. The Hall–Kier alpha value is -1.32. The van der Waals surface area contributed by atoms with Crippen LogP contribution in [0.5, 0.6) is 0 Å². The van der Waals surface area contributed by atoms with Crippen LogP contribution in [-0.4, -0.2) is 22.2 Å². The summed E-state index contributed by atoms with van der Waals surface area (Å²) in [5.74, 6) is -1.34. The lowest BCUT2D eigenvalue weighted by Crippen LogP contribution is -1.93. The molecule has 0 heterocycles. The molecule has 176 valence electrons. The molecule has 2 N–H and O–H groups in total. The van der Waals surface area contributed by atoms with Gasteiger partial charge in [0.15, 0.2) is 0 Å². The Balaban J connectivity index is 3.10. The molecule has 4 heteroatoms. The molecule has 4 nitrogen and oxygen atoms in total. The maximum absolute atomic E-state index is 10.4. The molecule has 0 amide bonds. The lowest BCUT2D eigenvalue weighted by Gasteiger charge is -2.02. The lowest BCUT2D eigenvalue weighted by molar-refractivity contribution is -0.138. The highest BCUT2D eigenvalue weighted by molar-refractivity contribution is 5.66. The van der Waals surface area contributed by atoms with Crippen molar-refractivity contribution in [3.63, 3.8) is 0 Å². The number of hydrogen-bond donors (Lipinski definition) is 2. The quantitative estimate of drug-likeness (QED) is 0.121. The number of carboxylic acid groups (broad SMARTS) is 2. The highest BCUT2D eigenvalue weighted by Crippen LogP contribution is 2.13. The first-order chi connectivity index (χ1) is 14.6. The van der Waals surface area contributed by atoms with Gasteiger partial charge in [0.2, 0.25) is 0 Å². The molecule has 0 atom stereocenters. The Morgan fingerprint density at radius 3 is 0.900 bits per heavy atom. The third-order valence-corrected chi connectivity index (χ3v) is 5.69. The summed E-state index contributed by atoms with van der Waals surface area (Å²) in [6.45, 7) is 0. The molecule has 0 saturated heterocycles. The molecule has 0 bridgehead atoms. The minimum atomic E-state index is -0.668. The standard InChI is InChI=1S/C26H48O4/c27-25(28)23-21-19-17-15-13-11-9-7-5-3-1-2-4-6-8-10-12-14-16-18-20-22-24-26(29)30/h1-2H,3-24H2,(H,27,28)(H,29,30)/b2-1-. The SMILES string of the molecule is O=C(O)CCCCCCCCCCC/C=C\CCCCCCCCCCCC(=O)O. The Kier molecular flexibility index (Phi) is 22.9. The number of aliphatic carboxylic acids is 2. The zero-order chi connectivity index (χ0) is 22.1. The van der Waals surface area contributed by atoms with Crippen LogP contribution in [0.25, 0.3) is 0 Å². The van der Waals surface area contributed by atoms with E-state index in [4.69, 9.17) is 10.2 Å². The van der Waals surface area contributed by atoms with Crippen LogP contribution in [0.4, 0.5) is 0 Å². The first-order valence-electron chi connectivity index (χ1n) is 12.7. The molecule has 0 rings (SSSR count). The molecular weight excluding hydrogens is 376 g/mol. The molecule has 0 spiro atoms. The number of unbranched alkanes of at least 4 members (excludes halogenated alkanes) is 18. The third kappa shape index (κ3) is 26.7. The molecule has 0 aromatic heterocycles. The van der Waals surface area contributed by atoms with Gasteiger partial charge in [-0.3, -0.25) is 9.59 Å². The zero-order valence-corrected chi connectivity index (χ0v) is 19.4. The molecular formula is C26H48O4. The van der Waals surface area contributed by atoms with Gasteiger partial charge in [-0.1, -0.05) is 102 Å². The van der Waals surface area contributed by atoms with Crippen LogP contribution < -0.4 is 0 Å². The van der Waals surface area contributed by atoms with Gasteiger partial charge in [-0.15, -0.1) is 0 Å². The van der Waals surface area contributed by atoms with E-state index in [0.29, 0.717) is 12.8 Å². The molecule has 0 aliphatic rings. The van der Waals surface area contributed by atoms with Gasteiger partial charge in [0, 0.05) is 12.8 Å². The van der Waals surface area contributed by atoms with E-state index in [1.165, 1.54) is 103 Å². The van der Waals surface area contributed by atoms with Gasteiger partial charge in [-0.05, 0) is 38.5 Å². The number of carboxylic acids is 2. The van der Waals surface area contributed by atoms with Crippen molar-refractivity contribution >= 4 is 11.9 Å². The third-order valence-electron chi connectivity index (χ3n) is 5.69. The van der Waals surface area contributed by atoms with Gasteiger partial charge >= 0.3 is 11.9 Å². The molecule has 0 radical (unpaired) electrons. The summed E-state index contributed by atoms with van der Waals surface area (Å²) in [6, 6.07) is 0. The van der Waals surface area contributed by atoms with Crippen molar-refractivity contribution in [1.82, 2.24) is 0 Å². The van der Waals surface area contributed by atoms with E-state index in [0.717, 1.165) is 25.7 Å². The van der Waals surface area contributed by atoms with Crippen molar-refractivity contribution in [2.24, 2.45) is 0 Å². The fourth-order valence-corrected chi connectivity index (χ4v) is 3.79. The van der Waals surface area contributed by atoms with Gasteiger partial charge in [0.25, 0.3) is 0 Å². The molecule has 0 aromatic rings. The summed E-state index contributed by atoms with van der Waals surface area (Å²) in [5.41, 5.74) is 0. The lowest BCUT2D eigenvalue weighted by atomic mass is 10.0. The molecule has 0 saturated carbocycles. The maximum Gasteiger partial charge on any atom is 0.303 e. The number of rotatable bonds is 24. The zero-order valence-electron chi connectivity index (χ0n) is 19.4. The van der Waals surface area contributed by atoms with Gasteiger partial charge in [0.05, 0.1) is 0 Å². The fraction of sp³-hybridized carbons (Fsp3) is 0.846. The van der Waals surface area contributed by atoms with Gasteiger partial charge in [-0.2, -0.15) is 0 Å². The topological polar surface area (TPSA) is 74.6 Å². The van der Waals surface area contributed by atoms with Crippen LogP contribution in [0, 0.1) is 0 Å². The smallest absolute Gasteiger partial charge is 0.303 e. The summed E-state index contributed by atoms with van der Waals surface area (Å²) in [6.07, 6.45) is 29.7. The largest absolute Gasteiger partial charge is 0.481 e. The molecule has 0 aromatic carbocycles. The van der Waals surface area contributed by atoms with Crippen LogP contribution in [0.15, 0.2) is 12.2 Å². The highest BCUT2D eigenvalue weighted by Gasteiger charge is 1.97. The highest BCUT2D eigenvalue weighted by atomic mass is 16.4. The second kappa shape index (κ2) is 24.0. The Labute approximate surface area is 185 Å². The molecule has 0 aliphatic carbocycles. The van der Waals surface area contributed by atoms with E-state index in [-0.39, 0.29) is 0 Å². The van der Waals surface area contributed by atoms with E-state index in [9.17, 15) is 9.59 Å². The summed E-state index contributed by atoms with van der Waals surface area (Å²) < 4.78 is 0. The van der Waals surface area contributed by atoms with Crippen LogP contribution >= 0.6 is 0 Å². The van der Waals surface area contributed by atoms with Crippen LogP contribution in [0.2, 0.25) is 0 Å². The maximum atomic E-state index is 10.4.